The van der Waals surface area contributed by atoms with Crippen molar-refractivity contribution in [2.75, 3.05) is 27.2 Å². The number of amides is 9. The van der Waals surface area contributed by atoms with Crippen LogP contribution in [0.4, 0.5) is 0 Å². The van der Waals surface area contributed by atoms with E-state index in [1.165, 1.54) is 46.7 Å². The highest BCUT2D eigenvalue weighted by molar-refractivity contribution is 6.00. The molecule has 81 heavy (non-hydrogen) atoms. The average molecular weight is 1130 g/mol. The molecule has 0 aliphatic carbocycles. The number of nitrogens with zero attached hydrogens (tertiary/aromatic N) is 2. The lowest BCUT2D eigenvalue weighted by atomic mass is 9.87. The van der Waals surface area contributed by atoms with Crippen molar-refractivity contribution in [1.29, 1.82) is 0 Å². The van der Waals surface area contributed by atoms with Crippen LogP contribution >= 0.6 is 0 Å². The maximum absolute atomic E-state index is 14.7. The number of hydrogen-bond acceptors (Lipinski definition) is 14. The number of nitrogens with one attached hydrogen (secondary N) is 6. The highest BCUT2D eigenvalue weighted by Crippen LogP contribution is 2.21. The second-order valence-corrected chi connectivity index (χ2v) is 21.9. The van der Waals surface area contributed by atoms with Crippen molar-refractivity contribution in [2.24, 2.45) is 35.3 Å². The fraction of sp³-hybridized carbons (Fsp3) is 0.569. The lowest BCUT2D eigenvalue weighted by molar-refractivity contribution is -0.144. The van der Waals surface area contributed by atoms with Crippen molar-refractivity contribution >= 4 is 76.3 Å². The van der Waals surface area contributed by atoms with E-state index in [2.05, 4.69) is 31.9 Å². The summed E-state index contributed by atoms with van der Waals surface area (Å²) in [5.41, 5.74) is 6.43. The maximum Gasteiger partial charge on any atom is 0.246 e. The van der Waals surface area contributed by atoms with Crippen molar-refractivity contribution in [2.45, 2.75) is 155 Å². The maximum atomic E-state index is 14.7. The Morgan fingerprint density at radius 2 is 1.27 bits per heavy atom. The van der Waals surface area contributed by atoms with E-state index in [-0.39, 0.29) is 38.0 Å². The molecule has 444 valence electrons. The van der Waals surface area contributed by atoms with Crippen LogP contribution in [0.5, 0.6) is 0 Å². The molecule has 2 aromatic rings. The topological polar surface area (TPSA) is 347 Å². The summed E-state index contributed by atoms with van der Waals surface area (Å²) >= 11 is 0. The minimum atomic E-state index is -1.78. The predicted molar refractivity (Wildman–Crippen MR) is 298 cm³/mol. The van der Waals surface area contributed by atoms with Gasteiger partial charge in [-0.1, -0.05) is 102 Å². The van der Waals surface area contributed by atoms with Crippen molar-refractivity contribution in [3.05, 3.63) is 71.8 Å². The molecule has 3 rings (SSSR count). The molecule has 9 N–H and O–H groups in total. The molecule has 9 amide bonds. The Hall–Kier alpha value is -7.69. The number of rotatable bonds is 16. The minimum absolute atomic E-state index is 0.00463. The van der Waals surface area contributed by atoms with Gasteiger partial charge in [-0.3, -0.25) is 62.3 Å². The summed E-state index contributed by atoms with van der Waals surface area (Å²) in [5.74, 6) is -13.7. The summed E-state index contributed by atoms with van der Waals surface area (Å²) in [4.78, 5) is 180. The van der Waals surface area contributed by atoms with Gasteiger partial charge < -0.3 is 52.5 Å². The van der Waals surface area contributed by atoms with Crippen LogP contribution in [0.2, 0.25) is 0 Å². The molecule has 1 fully saturated rings. The molecular weight excluding hydrogens is 1050 g/mol. The SMILES string of the molecule is CC(C)C[C@@H]1NC(=O)CNC(=O)[C@H](Cc2ccccc2)N(C)C(=O)[C@H](C)CC(=O)[C@H](C)NC(=O)C[C@@H](C(=O)N(C)[C@@H](C)C(=O)N[C@@H](CO)C(=O)CCC(N)=O)NC(=O)[C@H](Cc2ccccc2)CC(=O)[C@H](C(C)C)NC(=O)[C@H](C)CC1=O. The molecule has 1 saturated heterocycles. The first-order chi connectivity index (χ1) is 38.0. The van der Waals surface area contributed by atoms with Gasteiger partial charge in [0.05, 0.1) is 37.7 Å². The molecule has 0 aromatic heterocycles. The van der Waals surface area contributed by atoms with Gasteiger partial charge in [0.1, 0.15) is 24.2 Å². The van der Waals surface area contributed by atoms with E-state index in [1.54, 1.807) is 74.5 Å². The predicted octanol–water partition coefficient (Wildman–Crippen LogP) is 0.404. The van der Waals surface area contributed by atoms with Crippen LogP contribution < -0.4 is 37.6 Å². The number of hydrogen-bond donors (Lipinski definition) is 8. The van der Waals surface area contributed by atoms with Gasteiger partial charge in [0.25, 0.3) is 0 Å². The summed E-state index contributed by atoms with van der Waals surface area (Å²) in [5, 5.41) is 25.4. The van der Waals surface area contributed by atoms with E-state index >= 15 is 0 Å². The Morgan fingerprint density at radius 3 is 1.83 bits per heavy atom. The fourth-order valence-corrected chi connectivity index (χ4v) is 9.17. The quantitative estimate of drug-likeness (QED) is 0.113. The molecule has 0 radical (unpaired) electrons. The van der Waals surface area contributed by atoms with Gasteiger partial charge >= 0.3 is 0 Å². The third-order valence-corrected chi connectivity index (χ3v) is 14.3. The van der Waals surface area contributed by atoms with Crippen molar-refractivity contribution in [1.82, 2.24) is 41.7 Å². The Morgan fingerprint density at radius 1 is 0.691 bits per heavy atom. The van der Waals surface area contributed by atoms with Gasteiger partial charge in [0, 0.05) is 70.4 Å². The summed E-state index contributed by atoms with van der Waals surface area (Å²) in [6.07, 6.45) is -2.76. The van der Waals surface area contributed by atoms with E-state index in [9.17, 15) is 67.4 Å². The van der Waals surface area contributed by atoms with Gasteiger partial charge in [0.2, 0.25) is 53.2 Å². The van der Waals surface area contributed by atoms with Crippen LogP contribution in [0.1, 0.15) is 111 Å². The Balaban J connectivity index is 2.13. The Bertz CT molecular complexity index is 2580. The number of Topliss-reactive ketones (excluding diaryl/α,β-unsaturated/α-hetero) is 4. The summed E-state index contributed by atoms with van der Waals surface area (Å²) < 4.78 is 0. The van der Waals surface area contributed by atoms with E-state index < -0.39 is 181 Å². The highest BCUT2D eigenvalue weighted by Gasteiger charge is 2.38. The first-order valence-electron chi connectivity index (χ1n) is 27.4. The molecule has 10 atom stereocenters. The number of primary amides is 1. The highest BCUT2D eigenvalue weighted by atomic mass is 16.3. The molecule has 23 heteroatoms. The zero-order valence-electron chi connectivity index (χ0n) is 48.2. The standard InChI is InChI=1S/C58H83N9O14/c1-32(2)23-41-47(71)24-34(5)53(76)65-52(33(3)4)48(72)28-40(26-38-17-13-11-14-18-38)55(78)63-42(58(81)66(9)37(8)54(77)64-43(31-68)45(69)21-22-49(59)73)29-50(74)61-36(7)46(70)25-35(6)57(80)67(10)44(27-39-19-15-12-16-20-39)56(79)60-30-51(75)62-41/h11-20,32-37,40-44,52,68H,21-31H2,1-10H3,(H2,59,73)(H,60,79)(H,61,74)(H,62,75)(H,63,78)(H,64,77)(H,65,76)/t34-,35-,36+,37+,40-,41+,42+,43+,44+,52+/m1/s1. The zero-order valence-corrected chi connectivity index (χ0v) is 48.2. The molecule has 1 aliphatic rings. The number of benzene rings is 2. The molecule has 1 heterocycles. The number of likely N-dealkylation sites (N-methyl/N-ethyl adjacent to an activating group) is 2. The normalized spacial score (nSPS) is 23.9. The average Bonchev–Trinajstić information content (AvgIpc) is 3.41. The van der Waals surface area contributed by atoms with Crippen LogP contribution in [0, 0.1) is 29.6 Å². The van der Waals surface area contributed by atoms with E-state index in [0.717, 1.165) is 4.90 Å². The van der Waals surface area contributed by atoms with E-state index in [0.29, 0.717) is 11.1 Å². The number of ketones is 4. The van der Waals surface area contributed by atoms with Crippen LogP contribution in [0.25, 0.3) is 0 Å². The van der Waals surface area contributed by atoms with Gasteiger partial charge in [-0.15, -0.1) is 0 Å². The van der Waals surface area contributed by atoms with Crippen molar-refractivity contribution in [3.8, 4) is 0 Å². The lowest BCUT2D eigenvalue weighted by Crippen LogP contribution is -2.57. The molecule has 2 aromatic carbocycles. The summed E-state index contributed by atoms with van der Waals surface area (Å²) in [6, 6.07) is 7.89. The lowest BCUT2D eigenvalue weighted by Gasteiger charge is -2.31. The van der Waals surface area contributed by atoms with E-state index in [1.807, 2.05) is 13.8 Å². The van der Waals surface area contributed by atoms with Gasteiger partial charge in [-0.2, -0.15) is 0 Å². The van der Waals surface area contributed by atoms with Crippen molar-refractivity contribution in [3.63, 3.8) is 0 Å². The van der Waals surface area contributed by atoms with Gasteiger partial charge in [-0.25, -0.2) is 0 Å². The number of aliphatic hydroxyl groups excluding tert-OH is 1. The largest absolute Gasteiger partial charge is 0.394 e. The molecule has 0 spiro atoms. The molecule has 1 aliphatic heterocycles. The minimum Gasteiger partial charge on any atom is -0.394 e. The van der Waals surface area contributed by atoms with Gasteiger partial charge in [0.15, 0.2) is 23.1 Å². The second kappa shape index (κ2) is 32.5. The first kappa shape index (κ1) is 67.6. The Kier molecular flexibility index (Phi) is 27.1. The van der Waals surface area contributed by atoms with Crippen LogP contribution in [0.15, 0.2) is 60.7 Å². The smallest absolute Gasteiger partial charge is 0.246 e. The number of carbonyl (C=O) groups is 13. The van der Waals surface area contributed by atoms with Crippen LogP contribution in [0.3, 0.4) is 0 Å². The number of carbonyl (C=O) groups excluding carboxylic acids is 13. The second-order valence-electron chi connectivity index (χ2n) is 21.9. The molecule has 0 saturated carbocycles. The first-order valence-corrected chi connectivity index (χ1v) is 27.4. The molecular formula is C58H83N9O14. The van der Waals surface area contributed by atoms with E-state index in [4.69, 9.17) is 5.73 Å². The summed E-state index contributed by atoms with van der Waals surface area (Å²) in [6.45, 7) is 11.2. The third kappa shape index (κ3) is 21.7. The van der Waals surface area contributed by atoms with Crippen molar-refractivity contribution < 1.29 is 67.4 Å². The third-order valence-electron chi connectivity index (χ3n) is 14.3. The fourth-order valence-electron chi connectivity index (χ4n) is 9.17. The molecule has 23 nitrogen and oxygen atoms in total. The van der Waals surface area contributed by atoms with Crippen LogP contribution in [-0.4, -0.2) is 161 Å². The molecule has 0 unspecified atom stereocenters. The Labute approximate surface area is 473 Å². The number of nitrogens with two attached hydrogens (primary N) is 1. The number of aliphatic hydroxyl groups is 1. The van der Waals surface area contributed by atoms with Crippen LogP contribution in [-0.2, 0) is 75.2 Å². The summed E-state index contributed by atoms with van der Waals surface area (Å²) in [7, 11) is 2.56. The zero-order chi connectivity index (χ0) is 60.8. The molecule has 0 bridgehead atoms. The monoisotopic (exact) mass is 1130 g/mol. The van der Waals surface area contributed by atoms with Gasteiger partial charge in [-0.05, 0) is 49.7 Å².